The fourth-order valence-corrected chi connectivity index (χ4v) is 1.46. The fraction of sp³-hybridized carbons (Fsp3) is 0.286. The van der Waals surface area contributed by atoms with E-state index in [0.717, 1.165) is 0 Å². The molecule has 4 nitrogen and oxygen atoms in total. The standard InChI is InChI=1S/C14H15NO3/c1-4-9-15(2)10-13(16)11-5-7-12(8-6-11)14(17)18-3/h1,5-8H,9-10H2,2-3H3. The smallest absolute Gasteiger partial charge is 0.337 e. The zero-order valence-electron chi connectivity index (χ0n) is 10.5. The van der Waals surface area contributed by atoms with Crippen LogP contribution in [0.25, 0.3) is 0 Å². The number of Topliss-reactive ketones (excluding diaryl/α,β-unsaturated/α-hetero) is 1. The van der Waals surface area contributed by atoms with Crippen molar-refractivity contribution in [2.45, 2.75) is 0 Å². The Kier molecular flexibility index (Phi) is 5.09. The highest BCUT2D eigenvalue weighted by Gasteiger charge is 2.10. The highest BCUT2D eigenvalue weighted by Crippen LogP contribution is 2.07. The highest BCUT2D eigenvalue weighted by molar-refractivity contribution is 5.98. The Morgan fingerprint density at radius 3 is 2.33 bits per heavy atom. The summed E-state index contributed by atoms with van der Waals surface area (Å²) in [4.78, 5) is 24.8. The molecule has 18 heavy (non-hydrogen) atoms. The number of methoxy groups -OCH3 is 1. The monoisotopic (exact) mass is 245 g/mol. The van der Waals surface area contributed by atoms with Crippen molar-refractivity contribution in [2.24, 2.45) is 0 Å². The summed E-state index contributed by atoms with van der Waals surface area (Å²) in [6.07, 6.45) is 5.16. The SMILES string of the molecule is C#CCN(C)CC(=O)c1ccc(C(=O)OC)cc1. The topological polar surface area (TPSA) is 46.6 Å². The first-order chi connectivity index (χ1) is 8.58. The van der Waals surface area contributed by atoms with Crippen LogP contribution >= 0.6 is 0 Å². The normalized spacial score (nSPS) is 9.89. The summed E-state index contributed by atoms with van der Waals surface area (Å²) in [6, 6.07) is 6.36. The molecule has 0 amide bonds. The molecule has 4 heteroatoms. The van der Waals surface area contributed by atoms with Gasteiger partial charge in [0.05, 0.1) is 25.8 Å². The van der Waals surface area contributed by atoms with E-state index in [1.165, 1.54) is 7.11 Å². The molecule has 0 unspecified atom stereocenters. The average molecular weight is 245 g/mol. The molecule has 0 atom stereocenters. The summed E-state index contributed by atoms with van der Waals surface area (Å²) in [7, 11) is 3.09. The van der Waals surface area contributed by atoms with Crippen molar-refractivity contribution >= 4 is 11.8 Å². The summed E-state index contributed by atoms with van der Waals surface area (Å²) in [5.74, 6) is 2.01. The van der Waals surface area contributed by atoms with E-state index in [0.29, 0.717) is 17.7 Å². The second-order valence-corrected chi connectivity index (χ2v) is 3.87. The quantitative estimate of drug-likeness (QED) is 0.444. The van der Waals surface area contributed by atoms with Gasteiger partial charge in [-0.1, -0.05) is 18.1 Å². The number of carbonyl (C=O) groups is 2. The second kappa shape index (κ2) is 6.58. The molecule has 0 aliphatic rings. The molecule has 1 aromatic carbocycles. The van der Waals surface area contributed by atoms with Crippen molar-refractivity contribution in [2.75, 3.05) is 27.2 Å². The first kappa shape index (κ1) is 13.9. The van der Waals surface area contributed by atoms with Crippen molar-refractivity contribution in [1.29, 1.82) is 0 Å². The number of ketones is 1. The third-order valence-electron chi connectivity index (χ3n) is 2.40. The van der Waals surface area contributed by atoms with Gasteiger partial charge in [0.15, 0.2) is 5.78 Å². The van der Waals surface area contributed by atoms with Crippen LogP contribution in [0.2, 0.25) is 0 Å². The number of hydrogen-bond donors (Lipinski definition) is 0. The third kappa shape index (κ3) is 3.72. The largest absolute Gasteiger partial charge is 0.465 e. The molecular formula is C14H15NO3. The minimum atomic E-state index is -0.418. The van der Waals surface area contributed by atoms with Gasteiger partial charge >= 0.3 is 5.97 Å². The van der Waals surface area contributed by atoms with Crippen LogP contribution < -0.4 is 0 Å². The lowest BCUT2D eigenvalue weighted by molar-refractivity contribution is 0.0600. The van der Waals surface area contributed by atoms with Gasteiger partial charge in [-0.15, -0.1) is 6.42 Å². The molecule has 0 bridgehead atoms. The zero-order chi connectivity index (χ0) is 13.5. The van der Waals surface area contributed by atoms with Crippen LogP contribution in [0.1, 0.15) is 20.7 Å². The van der Waals surface area contributed by atoms with Gasteiger partial charge < -0.3 is 4.74 Å². The van der Waals surface area contributed by atoms with Crippen LogP contribution in [0.5, 0.6) is 0 Å². The molecule has 1 rings (SSSR count). The fourth-order valence-electron chi connectivity index (χ4n) is 1.46. The minimum Gasteiger partial charge on any atom is -0.465 e. The van der Waals surface area contributed by atoms with Gasteiger partial charge in [-0.25, -0.2) is 4.79 Å². The van der Waals surface area contributed by atoms with Gasteiger partial charge in [0.25, 0.3) is 0 Å². The summed E-state index contributed by atoms with van der Waals surface area (Å²) >= 11 is 0. The maximum absolute atomic E-state index is 11.9. The molecule has 0 N–H and O–H groups in total. The minimum absolute atomic E-state index is 0.0378. The van der Waals surface area contributed by atoms with E-state index in [1.807, 2.05) is 0 Å². The first-order valence-corrected chi connectivity index (χ1v) is 5.42. The Balaban J connectivity index is 2.71. The van der Waals surface area contributed by atoms with Crippen LogP contribution in [0, 0.1) is 12.3 Å². The number of likely N-dealkylation sites (N-methyl/N-ethyl adjacent to an activating group) is 1. The van der Waals surface area contributed by atoms with Crippen molar-refractivity contribution < 1.29 is 14.3 Å². The van der Waals surface area contributed by atoms with Crippen molar-refractivity contribution in [3.8, 4) is 12.3 Å². The molecular weight excluding hydrogens is 230 g/mol. The van der Waals surface area contributed by atoms with Crippen molar-refractivity contribution in [1.82, 2.24) is 4.90 Å². The van der Waals surface area contributed by atoms with E-state index in [2.05, 4.69) is 10.7 Å². The Morgan fingerprint density at radius 1 is 1.28 bits per heavy atom. The molecule has 0 saturated heterocycles. The molecule has 0 heterocycles. The van der Waals surface area contributed by atoms with Gasteiger partial charge in [0.1, 0.15) is 0 Å². The van der Waals surface area contributed by atoms with E-state index in [-0.39, 0.29) is 12.3 Å². The first-order valence-electron chi connectivity index (χ1n) is 5.42. The van der Waals surface area contributed by atoms with Gasteiger partial charge in [-0.3, -0.25) is 9.69 Å². The molecule has 0 aromatic heterocycles. The van der Waals surface area contributed by atoms with Crippen LogP contribution in [0.15, 0.2) is 24.3 Å². The molecule has 94 valence electrons. The van der Waals surface area contributed by atoms with E-state index in [4.69, 9.17) is 6.42 Å². The Labute approximate surface area is 107 Å². The summed E-state index contributed by atoms with van der Waals surface area (Å²) in [6.45, 7) is 0.674. The number of benzene rings is 1. The summed E-state index contributed by atoms with van der Waals surface area (Å²) in [5, 5.41) is 0. The Morgan fingerprint density at radius 2 is 1.83 bits per heavy atom. The molecule has 0 radical (unpaired) electrons. The van der Waals surface area contributed by atoms with Crippen molar-refractivity contribution in [3.05, 3.63) is 35.4 Å². The molecule has 0 aliphatic heterocycles. The highest BCUT2D eigenvalue weighted by atomic mass is 16.5. The summed E-state index contributed by atoms with van der Waals surface area (Å²) < 4.78 is 4.58. The molecule has 0 aliphatic carbocycles. The maximum Gasteiger partial charge on any atom is 0.337 e. The molecule has 0 fully saturated rings. The van der Waals surface area contributed by atoms with Gasteiger partial charge in [-0.2, -0.15) is 0 Å². The van der Waals surface area contributed by atoms with Crippen LogP contribution in [0.4, 0.5) is 0 Å². The number of esters is 1. The number of carbonyl (C=O) groups excluding carboxylic acids is 2. The lowest BCUT2D eigenvalue weighted by Gasteiger charge is -2.11. The zero-order valence-corrected chi connectivity index (χ0v) is 10.5. The second-order valence-electron chi connectivity index (χ2n) is 3.87. The van der Waals surface area contributed by atoms with Crippen LogP contribution in [0.3, 0.4) is 0 Å². The predicted molar refractivity (Wildman–Crippen MR) is 68.4 cm³/mol. The maximum atomic E-state index is 11.9. The van der Waals surface area contributed by atoms with Crippen molar-refractivity contribution in [3.63, 3.8) is 0 Å². The van der Waals surface area contributed by atoms with E-state index in [9.17, 15) is 9.59 Å². The third-order valence-corrected chi connectivity index (χ3v) is 2.40. The molecule has 1 aromatic rings. The number of terminal acetylenes is 1. The van der Waals surface area contributed by atoms with Crippen LogP contribution in [-0.2, 0) is 4.74 Å². The summed E-state index contributed by atoms with van der Waals surface area (Å²) in [5.41, 5.74) is 0.970. The Hall–Kier alpha value is -2.12. The lowest BCUT2D eigenvalue weighted by atomic mass is 10.1. The number of hydrogen-bond acceptors (Lipinski definition) is 4. The molecule has 0 spiro atoms. The number of rotatable bonds is 5. The predicted octanol–water partition coefficient (Wildman–Crippen LogP) is 1.22. The van der Waals surface area contributed by atoms with E-state index >= 15 is 0 Å². The van der Waals surface area contributed by atoms with Gasteiger partial charge in [0, 0.05) is 5.56 Å². The Bertz CT molecular complexity index is 471. The lowest BCUT2D eigenvalue weighted by Crippen LogP contribution is -2.26. The molecule has 0 saturated carbocycles. The van der Waals surface area contributed by atoms with E-state index in [1.54, 1.807) is 36.2 Å². The van der Waals surface area contributed by atoms with Gasteiger partial charge in [0.2, 0.25) is 0 Å². The van der Waals surface area contributed by atoms with Crippen LogP contribution in [-0.4, -0.2) is 43.9 Å². The number of ether oxygens (including phenoxy) is 1. The van der Waals surface area contributed by atoms with Gasteiger partial charge in [-0.05, 0) is 19.2 Å². The van der Waals surface area contributed by atoms with E-state index < -0.39 is 5.97 Å². The average Bonchev–Trinajstić information content (AvgIpc) is 2.38. The number of nitrogens with zero attached hydrogens (tertiary/aromatic N) is 1.